The van der Waals surface area contributed by atoms with Crippen LogP contribution in [0.2, 0.25) is 0 Å². The Bertz CT molecular complexity index is 1530. The van der Waals surface area contributed by atoms with Crippen LogP contribution >= 0.6 is 0 Å². The van der Waals surface area contributed by atoms with Gasteiger partial charge in [0, 0.05) is 11.9 Å². The van der Waals surface area contributed by atoms with E-state index in [0.717, 1.165) is 15.3 Å². The van der Waals surface area contributed by atoms with Crippen molar-refractivity contribution in [2.45, 2.75) is 11.3 Å². The average Bonchev–Trinajstić information content (AvgIpc) is 3.08. The number of para-hydroxylation sites is 1. The summed E-state index contributed by atoms with van der Waals surface area (Å²) in [4.78, 5) is 25.9. The van der Waals surface area contributed by atoms with Crippen molar-refractivity contribution in [2.24, 2.45) is 0 Å². The van der Waals surface area contributed by atoms with Crippen molar-refractivity contribution in [1.29, 1.82) is 0 Å². The third-order valence-electron chi connectivity index (χ3n) is 5.96. The molecule has 1 aliphatic rings. The van der Waals surface area contributed by atoms with E-state index in [2.05, 4.69) is 10.6 Å². The molecule has 7 nitrogen and oxygen atoms in total. The van der Waals surface area contributed by atoms with Crippen molar-refractivity contribution in [1.82, 2.24) is 5.32 Å². The molecule has 0 spiro atoms. The van der Waals surface area contributed by atoms with Gasteiger partial charge in [-0.3, -0.25) is 13.9 Å². The Hall–Kier alpha value is -4.17. The number of sulfonamides is 1. The maximum atomic E-state index is 13.1. The molecule has 0 atom stereocenters. The van der Waals surface area contributed by atoms with Crippen LogP contribution in [0.25, 0.3) is 10.8 Å². The van der Waals surface area contributed by atoms with Gasteiger partial charge >= 0.3 is 0 Å². The van der Waals surface area contributed by atoms with Crippen molar-refractivity contribution < 1.29 is 18.0 Å². The Morgan fingerprint density at radius 1 is 0.800 bits per heavy atom. The molecule has 0 fully saturated rings. The predicted molar refractivity (Wildman–Crippen MR) is 136 cm³/mol. The van der Waals surface area contributed by atoms with Crippen molar-refractivity contribution in [3.63, 3.8) is 0 Å². The number of rotatable bonds is 7. The molecule has 0 bridgehead atoms. The molecule has 35 heavy (non-hydrogen) atoms. The molecule has 176 valence electrons. The minimum absolute atomic E-state index is 0.191. The predicted octanol–water partition coefficient (Wildman–Crippen LogP) is 3.96. The lowest BCUT2D eigenvalue weighted by molar-refractivity contribution is -0.114. The highest BCUT2D eigenvalue weighted by Crippen LogP contribution is 2.41. The molecule has 0 saturated heterocycles. The van der Waals surface area contributed by atoms with E-state index in [4.69, 9.17) is 0 Å². The van der Waals surface area contributed by atoms with E-state index in [9.17, 15) is 18.0 Å². The summed E-state index contributed by atoms with van der Waals surface area (Å²) in [5.74, 6) is -0.856. The molecule has 0 unspecified atom stereocenters. The van der Waals surface area contributed by atoms with Crippen molar-refractivity contribution in [3.8, 4) is 0 Å². The largest absolute Gasteiger partial charge is 0.352 e. The Kier molecular flexibility index (Phi) is 5.96. The molecule has 8 heteroatoms. The lowest BCUT2D eigenvalue weighted by atomic mass is 10.1. The summed E-state index contributed by atoms with van der Waals surface area (Å²) in [5.41, 5.74) is 2.21. The van der Waals surface area contributed by atoms with Gasteiger partial charge in [0.1, 0.15) is 6.54 Å². The van der Waals surface area contributed by atoms with E-state index >= 15 is 0 Å². The van der Waals surface area contributed by atoms with Crippen LogP contribution in [-0.4, -0.2) is 33.3 Å². The first-order chi connectivity index (χ1) is 16.9. The first kappa shape index (κ1) is 22.6. The number of nitrogens with one attached hydrogen (secondary N) is 2. The van der Waals surface area contributed by atoms with E-state index in [1.54, 1.807) is 48.5 Å². The molecule has 5 rings (SSSR count). The molecule has 0 aromatic heterocycles. The Morgan fingerprint density at radius 3 is 2.31 bits per heavy atom. The number of hydrogen-bond donors (Lipinski definition) is 2. The van der Waals surface area contributed by atoms with Gasteiger partial charge in [0.25, 0.3) is 15.9 Å². The molecule has 0 saturated carbocycles. The quantitative estimate of drug-likeness (QED) is 0.414. The monoisotopic (exact) mass is 485 g/mol. The Balaban J connectivity index is 1.30. The normalized spacial score (nSPS) is 13.5. The molecule has 1 heterocycles. The van der Waals surface area contributed by atoms with Gasteiger partial charge in [-0.1, -0.05) is 66.7 Å². The number of anilines is 2. The van der Waals surface area contributed by atoms with E-state index in [1.807, 2.05) is 42.5 Å². The maximum absolute atomic E-state index is 13.1. The van der Waals surface area contributed by atoms with Crippen LogP contribution in [0.5, 0.6) is 0 Å². The van der Waals surface area contributed by atoms with Crippen molar-refractivity contribution >= 4 is 44.0 Å². The van der Waals surface area contributed by atoms with E-state index < -0.39 is 22.5 Å². The molecule has 4 aromatic rings. The topological polar surface area (TPSA) is 95.6 Å². The summed E-state index contributed by atoms with van der Waals surface area (Å²) >= 11 is 0. The summed E-state index contributed by atoms with van der Waals surface area (Å²) in [6.07, 6.45) is 0.681. The van der Waals surface area contributed by atoms with Crippen LogP contribution in [0, 0.1) is 0 Å². The van der Waals surface area contributed by atoms with Crippen LogP contribution in [0.1, 0.15) is 15.9 Å². The second-order valence-electron chi connectivity index (χ2n) is 8.23. The van der Waals surface area contributed by atoms with Gasteiger partial charge in [-0.25, -0.2) is 8.42 Å². The molecule has 0 aliphatic carbocycles. The van der Waals surface area contributed by atoms with Crippen LogP contribution in [-0.2, 0) is 21.2 Å². The van der Waals surface area contributed by atoms with Gasteiger partial charge in [-0.05, 0) is 41.6 Å². The van der Waals surface area contributed by atoms with Gasteiger partial charge in [-0.2, -0.15) is 0 Å². The summed E-state index contributed by atoms with van der Waals surface area (Å²) in [5, 5.41) is 7.00. The fourth-order valence-electron chi connectivity index (χ4n) is 4.30. The maximum Gasteiger partial charge on any atom is 0.265 e. The summed E-state index contributed by atoms with van der Waals surface area (Å²) in [6, 6.07) is 26.9. The van der Waals surface area contributed by atoms with Gasteiger partial charge in [0.05, 0.1) is 21.8 Å². The number of carbonyl (C=O) groups excluding carboxylic acids is 2. The van der Waals surface area contributed by atoms with E-state index in [-0.39, 0.29) is 10.8 Å². The molecular weight excluding hydrogens is 462 g/mol. The molecule has 2 amide bonds. The zero-order chi connectivity index (χ0) is 24.4. The van der Waals surface area contributed by atoms with Gasteiger partial charge < -0.3 is 10.6 Å². The van der Waals surface area contributed by atoms with Crippen molar-refractivity contribution in [2.75, 3.05) is 22.7 Å². The number of amides is 2. The van der Waals surface area contributed by atoms with Crippen LogP contribution < -0.4 is 14.9 Å². The Labute approximate surface area is 203 Å². The first-order valence-corrected chi connectivity index (χ1v) is 12.6. The number of carbonyl (C=O) groups is 2. The highest BCUT2D eigenvalue weighted by atomic mass is 32.2. The smallest absolute Gasteiger partial charge is 0.265 e. The summed E-state index contributed by atoms with van der Waals surface area (Å²) < 4.78 is 27.4. The third-order valence-corrected chi connectivity index (χ3v) is 7.76. The Morgan fingerprint density at radius 2 is 1.51 bits per heavy atom. The lowest BCUT2D eigenvalue weighted by Gasteiger charge is -2.19. The highest BCUT2D eigenvalue weighted by Gasteiger charge is 2.36. The molecule has 2 N–H and O–H groups in total. The van der Waals surface area contributed by atoms with Gasteiger partial charge in [-0.15, -0.1) is 0 Å². The zero-order valence-corrected chi connectivity index (χ0v) is 19.6. The van der Waals surface area contributed by atoms with Crippen molar-refractivity contribution in [3.05, 3.63) is 102 Å². The number of hydrogen-bond acceptors (Lipinski definition) is 4. The zero-order valence-electron chi connectivity index (χ0n) is 18.8. The second kappa shape index (κ2) is 9.23. The fourth-order valence-corrected chi connectivity index (χ4v) is 5.97. The highest BCUT2D eigenvalue weighted by molar-refractivity contribution is 7.93. The number of nitrogens with zero attached hydrogens (tertiary/aromatic N) is 1. The first-order valence-electron chi connectivity index (χ1n) is 11.2. The van der Waals surface area contributed by atoms with E-state index in [1.165, 1.54) is 0 Å². The third kappa shape index (κ3) is 4.36. The molecular formula is C27H23N3O4S. The average molecular weight is 486 g/mol. The summed E-state index contributed by atoms with van der Waals surface area (Å²) in [7, 11) is -3.86. The van der Waals surface area contributed by atoms with Crippen LogP contribution in [0.3, 0.4) is 0 Å². The standard InChI is InChI=1S/C27H23N3O4S/c31-25(18-30-23-14-6-10-20-11-7-15-24(26(20)23)35(30,33)34)29-22-13-5-4-12-21(22)27(32)28-17-16-19-8-2-1-3-9-19/h1-15H,16-18H2,(H,28,32)(H,29,31). The summed E-state index contributed by atoms with van der Waals surface area (Å²) in [6.45, 7) is 0.0412. The van der Waals surface area contributed by atoms with Crippen LogP contribution in [0.4, 0.5) is 11.4 Å². The minimum Gasteiger partial charge on any atom is -0.352 e. The second-order valence-corrected chi connectivity index (χ2v) is 10.1. The fraction of sp³-hybridized carbons (Fsp3) is 0.111. The number of benzene rings is 4. The van der Waals surface area contributed by atoms with E-state index in [0.29, 0.717) is 35.3 Å². The van der Waals surface area contributed by atoms with Gasteiger partial charge in [0.2, 0.25) is 5.91 Å². The molecule has 0 radical (unpaired) electrons. The molecule has 1 aliphatic heterocycles. The molecule has 4 aromatic carbocycles. The lowest BCUT2D eigenvalue weighted by Crippen LogP contribution is -2.36. The van der Waals surface area contributed by atoms with Crippen LogP contribution in [0.15, 0.2) is 95.9 Å². The SMILES string of the molecule is O=C(CN1c2cccc3cccc(c23)S1(=O)=O)Nc1ccccc1C(=O)NCCc1ccccc1. The van der Waals surface area contributed by atoms with Gasteiger partial charge in [0.15, 0.2) is 0 Å². The minimum atomic E-state index is -3.86.